The molecule has 29 heavy (non-hydrogen) atoms. The summed E-state index contributed by atoms with van der Waals surface area (Å²) in [5.41, 5.74) is 1.79. The summed E-state index contributed by atoms with van der Waals surface area (Å²) in [4.78, 5) is 16.1. The maximum Gasteiger partial charge on any atom is 0.324 e. The third kappa shape index (κ3) is 5.17. The number of urea groups is 1. The Morgan fingerprint density at radius 2 is 1.76 bits per heavy atom. The smallest absolute Gasteiger partial charge is 0.307 e. The second-order valence-electron chi connectivity index (χ2n) is 6.32. The third-order valence-corrected chi connectivity index (χ3v) is 6.03. The minimum absolute atomic E-state index is 0.0104. The van der Waals surface area contributed by atoms with Gasteiger partial charge in [-0.3, -0.25) is 5.32 Å². The van der Waals surface area contributed by atoms with E-state index in [1.165, 1.54) is 30.3 Å². The zero-order valence-corrected chi connectivity index (χ0v) is 16.5. The molecule has 0 saturated heterocycles. The number of anilines is 2. The molecule has 3 aromatic rings. The van der Waals surface area contributed by atoms with Crippen LogP contribution in [-0.2, 0) is 9.84 Å². The van der Waals surface area contributed by atoms with Gasteiger partial charge in [-0.05, 0) is 36.2 Å². The molecule has 0 saturated carbocycles. The third-order valence-electron chi connectivity index (χ3n) is 4.11. The molecule has 8 heteroatoms. The van der Waals surface area contributed by atoms with Crippen LogP contribution in [0.3, 0.4) is 0 Å². The van der Waals surface area contributed by atoms with Gasteiger partial charge in [-0.15, -0.1) is 0 Å². The molecule has 1 heterocycles. The molecular weight excluding hydrogens is 393 g/mol. The van der Waals surface area contributed by atoms with Crippen LogP contribution in [0.2, 0.25) is 0 Å². The number of nitrogens with zero attached hydrogens (tertiary/aromatic N) is 1. The van der Waals surface area contributed by atoms with E-state index in [0.717, 1.165) is 5.56 Å². The Balaban J connectivity index is 1.96. The Bertz CT molecular complexity index is 1120. The van der Waals surface area contributed by atoms with Gasteiger partial charge in [0.2, 0.25) is 5.95 Å². The van der Waals surface area contributed by atoms with Gasteiger partial charge in [0.05, 0.1) is 16.3 Å². The van der Waals surface area contributed by atoms with Gasteiger partial charge < -0.3 is 5.32 Å². The van der Waals surface area contributed by atoms with Crippen molar-refractivity contribution in [3.63, 3.8) is 0 Å². The van der Waals surface area contributed by atoms with E-state index in [1.54, 1.807) is 13.0 Å². The highest BCUT2D eigenvalue weighted by Crippen LogP contribution is 2.31. The SMILES string of the molecule is CCCS(=O)(=O)c1ccc(-c2ccccc2)c(NC(=O)Nc2cccc(F)n2)c1. The quantitative estimate of drug-likeness (QED) is 0.573. The monoisotopic (exact) mass is 413 g/mol. The van der Waals surface area contributed by atoms with E-state index < -0.39 is 21.8 Å². The summed E-state index contributed by atoms with van der Waals surface area (Å²) in [7, 11) is -3.47. The van der Waals surface area contributed by atoms with Crippen LogP contribution in [0, 0.1) is 5.95 Å². The van der Waals surface area contributed by atoms with Crippen molar-refractivity contribution in [3.05, 3.63) is 72.7 Å². The molecule has 2 N–H and O–H groups in total. The van der Waals surface area contributed by atoms with Gasteiger partial charge in [0.15, 0.2) is 9.84 Å². The standard InChI is InChI=1S/C21H20FN3O3S/c1-2-13-29(27,28)16-11-12-17(15-7-4-3-5-8-15)18(14-16)23-21(26)25-20-10-6-9-19(22)24-20/h3-12,14H,2,13H2,1H3,(H2,23,24,25,26). The first-order chi connectivity index (χ1) is 13.9. The lowest BCUT2D eigenvalue weighted by atomic mass is 10.0. The summed E-state index contributed by atoms with van der Waals surface area (Å²) in [5.74, 6) is -0.671. The summed E-state index contributed by atoms with van der Waals surface area (Å²) < 4.78 is 38.2. The Kier molecular flexibility index (Phi) is 6.23. The van der Waals surface area contributed by atoms with Crippen molar-refractivity contribution < 1.29 is 17.6 Å². The second kappa shape index (κ2) is 8.83. The minimum atomic E-state index is -3.47. The van der Waals surface area contributed by atoms with E-state index >= 15 is 0 Å². The molecule has 0 atom stereocenters. The number of amides is 2. The number of rotatable bonds is 6. The molecule has 0 radical (unpaired) electrons. The number of carbonyl (C=O) groups is 1. The number of halogens is 1. The van der Waals surface area contributed by atoms with Crippen molar-refractivity contribution in [1.82, 2.24) is 4.98 Å². The molecule has 1 aromatic heterocycles. The van der Waals surface area contributed by atoms with Gasteiger partial charge in [-0.2, -0.15) is 4.39 Å². The summed E-state index contributed by atoms with van der Waals surface area (Å²) in [6.45, 7) is 1.79. The number of nitrogens with one attached hydrogen (secondary N) is 2. The first kappa shape index (κ1) is 20.5. The average Bonchev–Trinajstić information content (AvgIpc) is 2.68. The fraction of sp³-hybridized carbons (Fsp3) is 0.143. The number of aromatic nitrogens is 1. The summed E-state index contributed by atoms with van der Waals surface area (Å²) >= 11 is 0. The van der Waals surface area contributed by atoms with Crippen molar-refractivity contribution in [2.45, 2.75) is 18.2 Å². The topological polar surface area (TPSA) is 88.2 Å². The second-order valence-corrected chi connectivity index (χ2v) is 8.43. The molecular formula is C21H20FN3O3S. The van der Waals surface area contributed by atoms with Crippen LogP contribution in [0.5, 0.6) is 0 Å². The zero-order valence-electron chi connectivity index (χ0n) is 15.7. The fourth-order valence-corrected chi connectivity index (χ4v) is 4.17. The molecule has 0 unspecified atom stereocenters. The van der Waals surface area contributed by atoms with E-state index in [1.807, 2.05) is 30.3 Å². The van der Waals surface area contributed by atoms with E-state index in [9.17, 15) is 17.6 Å². The molecule has 3 rings (SSSR count). The number of pyridine rings is 1. The lowest BCUT2D eigenvalue weighted by molar-refractivity contribution is 0.262. The Morgan fingerprint density at radius 1 is 1.00 bits per heavy atom. The lowest BCUT2D eigenvalue weighted by Gasteiger charge is -2.14. The van der Waals surface area contributed by atoms with Crippen molar-refractivity contribution in [2.75, 3.05) is 16.4 Å². The lowest BCUT2D eigenvalue weighted by Crippen LogP contribution is -2.21. The Morgan fingerprint density at radius 3 is 2.45 bits per heavy atom. The number of hydrogen-bond donors (Lipinski definition) is 2. The van der Waals surface area contributed by atoms with Gasteiger partial charge in [0.25, 0.3) is 0 Å². The van der Waals surface area contributed by atoms with Crippen LogP contribution < -0.4 is 10.6 Å². The maximum absolute atomic E-state index is 13.2. The first-order valence-corrected chi connectivity index (χ1v) is 10.7. The molecule has 0 aliphatic rings. The zero-order chi connectivity index (χ0) is 20.9. The van der Waals surface area contributed by atoms with Crippen molar-refractivity contribution in [3.8, 4) is 11.1 Å². The van der Waals surface area contributed by atoms with Crippen molar-refractivity contribution in [2.24, 2.45) is 0 Å². The normalized spacial score (nSPS) is 11.1. The van der Waals surface area contributed by atoms with E-state index in [2.05, 4.69) is 15.6 Å². The number of benzene rings is 2. The molecule has 0 fully saturated rings. The number of sulfone groups is 1. The van der Waals surface area contributed by atoms with Crippen LogP contribution in [0.15, 0.2) is 71.6 Å². The predicted molar refractivity (Wildman–Crippen MR) is 111 cm³/mol. The molecule has 0 bridgehead atoms. The average molecular weight is 413 g/mol. The van der Waals surface area contributed by atoms with Crippen LogP contribution in [0.25, 0.3) is 11.1 Å². The molecule has 2 amide bonds. The van der Waals surface area contributed by atoms with Crippen LogP contribution in [0.1, 0.15) is 13.3 Å². The fourth-order valence-electron chi connectivity index (χ4n) is 2.82. The summed E-state index contributed by atoms with van der Waals surface area (Å²) in [5, 5.41) is 5.10. The molecule has 6 nitrogen and oxygen atoms in total. The summed E-state index contributed by atoms with van der Waals surface area (Å²) in [6, 6.07) is 17.3. The van der Waals surface area contributed by atoms with Crippen LogP contribution >= 0.6 is 0 Å². The van der Waals surface area contributed by atoms with E-state index in [4.69, 9.17) is 0 Å². The van der Waals surface area contributed by atoms with Gasteiger partial charge in [0.1, 0.15) is 5.82 Å². The van der Waals surface area contributed by atoms with Gasteiger partial charge in [0, 0.05) is 5.56 Å². The summed E-state index contributed by atoms with van der Waals surface area (Å²) in [6.07, 6.45) is 0.483. The molecule has 0 spiro atoms. The highest BCUT2D eigenvalue weighted by atomic mass is 32.2. The van der Waals surface area contributed by atoms with Crippen molar-refractivity contribution in [1.29, 1.82) is 0 Å². The molecule has 0 aliphatic carbocycles. The highest BCUT2D eigenvalue weighted by Gasteiger charge is 2.17. The molecule has 150 valence electrons. The largest absolute Gasteiger partial charge is 0.324 e. The van der Waals surface area contributed by atoms with E-state index in [-0.39, 0.29) is 16.5 Å². The maximum atomic E-state index is 13.2. The van der Waals surface area contributed by atoms with Gasteiger partial charge in [-0.25, -0.2) is 18.2 Å². The van der Waals surface area contributed by atoms with Crippen LogP contribution in [-0.4, -0.2) is 25.2 Å². The van der Waals surface area contributed by atoms with Crippen LogP contribution in [0.4, 0.5) is 20.7 Å². The Labute approximate surface area is 168 Å². The molecule has 0 aliphatic heterocycles. The predicted octanol–water partition coefficient (Wildman–Crippen LogP) is 4.72. The first-order valence-electron chi connectivity index (χ1n) is 9.02. The Hall–Kier alpha value is -3.26. The highest BCUT2D eigenvalue weighted by molar-refractivity contribution is 7.91. The van der Waals surface area contributed by atoms with Crippen molar-refractivity contribution >= 4 is 27.4 Å². The molecule has 2 aromatic carbocycles. The van der Waals surface area contributed by atoms with Gasteiger partial charge >= 0.3 is 6.03 Å². The minimum Gasteiger partial charge on any atom is -0.307 e. The number of hydrogen-bond acceptors (Lipinski definition) is 4. The van der Waals surface area contributed by atoms with Gasteiger partial charge in [-0.1, -0.05) is 49.4 Å². The number of carbonyl (C=O) groups excluding carboxylic acids is 1. The van der Waals surface area contributed by atoms with E-state index in [0.29, 0.717) is 17.7 Å².